The minimum atomic E-state index is 0.00569. The zero-order valence-electron chi connectivity index (χ0n) is 9.47. The molecule has 0 amide bonds. The molecule has 0 aliphatic rings. The van der Waals surface area contributed by atoms with Crippen LogP contribution in [0.4, 0.5) is 0 Å². The smallest absolute Gasteiger partial charge is 0.0950 e. The first-order valence-corrected chi connectivity index (χ1v) is 5.65. The average molecular weight is 215 g/mol. The minimum absolute atomic E-state index is 0.00569. The van der Waals surface area contributed by atoms with Crippen LogP contribution in [0.15, 0.2) is 53.3 Å². The Hall–Kier alpha value is -1.54. The Kier molecular flexibility index (Phi) is 3.42. The molecule has 1 aromatic heterocycles. The topological polar surface area (TPSA) is 39.2 Å². The molecular weight excluding hydrogens is 198 g/mol. The van der Waals surface area contributed by atoms with Crippen LogP contribution in [0.25, 0.3) is 0 Å². The molecule has 2 heteroatoms. The largest absolute Gasteiger partial charge is 0.472 e. The molecule has 0 saturated carbocycles. The van der Waals surface area contributed by atoms with Crippen molar-refractivity contribution in [2.75, 3.05) is 0 Å². The fourth-order valence-electron chi connectivity index (χ4n) is 2.09. The standard InChI is InChI=1S/C14H17NO/c1-2-13(11-6-4-3-5-7-11)14(15)12-8-9-16-10-12/h3-10,13-14H,2,15H2,1H3. The third-order valence-electron chi connectivity index (χ3n) is 3.03. The molecule has 84 valence electrons. The number of furan rings is 1. The van der Waals surface area contributed by atoms with E-state index in [0.29, 0.717) is 5.92 Å². The number of hydrogen-bond acceptors (Lipinski definition) is 2. The second-order valence-electron chi connectivity index (χ2n) is 4.01. The van der Waals surface area contributed by atoms with Gasteiger partial charge in [-0.3, -0.25) is 0 Å². The van der Waals surface area contributed by atoms with Crippen LogP contribution in [0.1, 0.15) is 36.4 Å². The monoisotopic (exact) mass is 215 g/mol. The lowest BCUT2D eigenvalue weighted by molar-refractivity contribution is 0.520. The van der Waals surface area contributed by atoms with E-state index >= 15 is 0 Å². The Labute approximate surface area is 96.1 Å². The van der Waals surface area contributed by atoms with Gasteiger partial charge in [-0.05, 0) is 18.1 Å². The first-order valence-electron chi connectivity index (χ1n) is 5.65. The van der Waals surface area contributed by atoms with Crippen molar-refractivity contribution < 1.29 is 4.42 Å². The van der Waals surface area contributed by atoms with Crippen LogP contribution in [0.2, 0.25) is 0 Å². The predicted molar refractivity (Wildman–Crippen MR) is 65.1 cm³/mol. The highest BCUT2D eigenvalue weighted by Gasteiger charge is 2.20. The first-order chi connectivity index (χ1) is 7.83. The van der Waals surface area contributed by atoms with Gasteiger partial charge in [0, 0.05) is 17.5 Å². The van der Waals surface area contributed by atoms with Gasteiger partial charge in [-0.15, -0.1) is 0 Å². The quantitative estimate of drug-likeness (QED) is 0.848. The Morgan fingerprint density at radius 1 is 1.12 bits per heavy atom. The van der Waals surface area contributed by atoms with E-state index < -0.39 is 0 Å². The van der Waals surface area contributed by atoms with Crippen molar-refractivity contribution in [3.63, 3.8) is 0 Å². The van der Waals surface area contributed by atoms with Crippen molar-refractivity contribution in [1.82, 2.24) is 0 Å². The third kappa shape index (κ3) is 2.17. The van der Waals surface area contributed by atoms with Gasteiger partial charge in [0.2, 0.25) is 0 Å². The third-order valence-corrected chi connectivity index (χ3v) is 3.03. The van der Waals surface area contributed by atoms with Crippen molar-refractivity contribution in [1.29, 1.82) is 0 Å². The van der Waals surface area contributed by atoms with Crippen molar-refractivity contribution in [2.45, 2.75) is 25.3 Å². The zero-order valence-corrected chi connectivity index (χ0v) is 9.47. The molecule has 16 heavy (non-hydrogen) atoms. The normalized spacial score (nSPS) is 14.6. The number of rotatable bonds is 4. The van der Waals surface area contributed by atoms with Crippen LogP contribution in [0.5, 0.6) is 0 Å². The molecule has 0 aliphatic carbocycles. The Bertz CT molecular complexity index is 408. The van der Waals surface area contributed by atoms with Gasteiger partial charge in [0.1, 0.15) is 0 Å². The second-order valence-corrected chi connectivity index (χ2v) is 4.01. The summed E-state index contributed by atoms with van der Waals surface area (Å²) in [5.41, 5.74) is 8.62. The van der Waals surface area contributed by atoms with Crippen LogP contribution in [-0.2, 0) is 0 Å². The molecule has 1 aromatic carbocycles. The van der Waals surface area contributed by atoms with E-state index in [-0.39, 0.29) is 6.04 Å². The summed E-state index contributed by atoms with van der Waals surface area (Å²) in [6, 6.07) is 12.4. The molecule has 2 rings (SSSR count). The summed E-state index contributed by atoms with van der Waals surface area (Å²) in [6.45, 7) is 2.16. The number of hydrogen-bond donors (Lipinski definition) is 1. The Morgan fingerprint density at radius 2 is 1.88 bits per heavy atom. The molecule has 2 unspecified atom stereocenters. The minimum Gasteiger partial charge on any atom is -0.472 e. The van der Waals surface area contributed by atoms with Crippen LogP contribution < -0.4 is 5.73 Å². The van der Waals surface area contributed by atoms with Crippen LogP contribution in [0, 0.1) is 0 Å². The first kappa shape index (κ1) is 11.0. The second kappa shape index (κ2) is 4.99. The van der Waals surface area contributed by atoms with E-state index in [1.807, 2.05) is 12.1 Å². The van der Waals surface area contributed by atoms with Crippen LogP contribution in [0.3, 0.4) is 0 Å². The van der Waals surface area contributed by atoms with Crippen LogP contribution >= 0.6 is 0 Å². The highest BCUT2D eigenvalue weighted by atomic mass is 16.3. The maximum absolute atomic E-state index is 6.27. The number of benzene rings is 1. The molecule has 2 atom stereocenters. The van der Waals surface area contributed by atoms with Gasteiger partial charge in [-0.1, -0.05) is 37.3 Å². The van der Waals surface area contributed by atoms with Crippen molar-refractivity contribution in [3.8, 4) is 0 Å². The van der Waals surface area contributed by atoms with Gasteiger partial charge in [0.15, 0.2) is 0 Å². The summed E-state index contributed by atoms with van der Waals surface area (Å²) in [6.07, 6.45) is 4.43. The lowest BCUT2D eigenvalue weighted by atomic mass is 9.87. The summed E-state index contributed by atoms with van der Waals surface area (Å²) < 4.78 is 5.09. The van der Waals surface area contributed by atoms with E-state index in [9.17, 15) is 0 Å². The van der Waals surface area contributed by atoms with E-state index in [2.05, 4.69) is 31.2 Å². The summed E-state index contributed by atoms with van der Waals surface area (Å²) in [4.78, 5) is 0. The Morgan fingerprint density at radius 3 is 2.44 bits per heavy atom. The fourth-order valence-corrected chi connectivity index (χ4v) is 2.09. The highest BCUT2D eigenvalue weighted by Crippen LogP contribution is 2.31. The lowest BCUT2D eigenvalue weighted by Crippen LogP contribution is -2.18. The summed E-state index contributed by atoms with van der Waals surface area (Å²) in [5.74, 6) is 0.346. The van der Waals surface area contributed by atoms with Gasteiger partial charge < -0.3 is 10.2 Å². The van der Waals surface area contributed by atoms with Crippen molar-refractivity contribution in [3.05, 3.63) is 60.1 Å². The lowest BCUT2D eigenvalue weighted by Gasteiger charge is -2.22. The van der Waals surface area contributed by atoms with Crippen LogP contribution in [-0.4, -0.2) is 0 Å². The summed E-state index contributed by atoms with van der Waals surface area (Å²) in [7, 11) is 0. The van der Waals surface area contributed by atoms with Gasteiger partial charge in [0.05, 0.1) is 12.5 Å². The van der Waals surface area contributed by atoms with E-state index in [1.165, 1.54) is 5.56 Å². The molecule has 0 saturated heterocycles. The van der Waals surface area contributed by atoms with E-state index in [1.54, 1.807) is 12.5 Å². The fraction of sp³-hybridized carbons (Fsp3) is 0.286. The molecule has 1 heterocycles. The highest BCUT2D eigenvalue weighted by molar-refractivity contribution is 5.25. The molecular formula is C14H17NO. The van der Waals surface area contributed by atoms with Gasteiger partial charge in [-0.2, -0.15) is 0 Å². The molecule has 0 spiro atoms. The summed E-state index contributed by atoms with van der Waals surface area (Å²) in [5, 5.41) is 0. The molecule has 2 N–H and O–H groups in total. The summed E-state index contributed by atoms with van der Waals surface area (Å²) >= 11 is 0. The van der Waals surface area contributed by atoms with E-state index in [0.717, 1.165) is 12.0 Å². The van der Waals surface area contributed by atoms with Crippen molar-refractivity contribution >= 4 is 0 Å². The molecule has 0 fully saturated rings. The maximum Gasteiger partial charge on any atom is 0.0950 e. The maximum atomic E-state index is 6.27. The van der Waals surface area contributed by atoms with Gasteiger partial charge in [0.25, 0.3) is 0 Å². The predicted octanol–water partition coefficient (Wildman–Crippen LogP) is 3.47. The molecule has 0 radical (unpaired) electrons. The van der Waals surface area contributed by atoms with E-state index in [4.69, 9.17) is 10.2 Å². The molecule has 0 aliphatic heterocycles. The molecule has 2 aromatic rings. The zero-order chi connectivity index (χ0) is 11.4. The Balaban J connectivity index is 2.23. The molecule has 0 bridgehead atoms. The number of nitrogens with two attached hydrogens (primary N) is 1. The SMILES string of the molecule is CCC(c1ccccc1)C(N)c1ccoc1. The average Bonchev–Trinajstić information content (AvgIpc) is 2.85. The molecule has 2 nitrogen and oxygen atoms in total. The van der Waals surface area contributed by atoms with Crippen molar-refractivity contribution in [2.24, 2.45) is 5.73 Å². The van der Waals surface area contributed by atoms with Gasteiger partial charge >= 0.3 is 0 Å². The van der Waals surface area contributed by atoms with Gasteiger partial charge in [-0.25, -0.2) is 0 Å².